The third-order valence-electron chi connectivity index (χ3n) is 4.34. The minimum atomic E-state index is -0.317. The molecule has 25 heavy (non-hydrogen) atoms. The minimum absolute atomic E-state index is 0.108. The molecule has 2 aromatic rings. The summed E-state index contributed by atoms with van der Waals surface area (Å²) in [5.41, 5.74) is 1.80. The fourth-order valence-electron chi connectivity index (χ4n) is 2.93. The molecular formula is C17H21N5OS2. The SMILES string of the molecule is CCn1cnnc1S[C@H](C)C(=O)Nc1sc2c(c1C#N)CCCCC2. The standard InChI is InChI=1S/C17H21N5OS2/c1-3-22-10-19-21-17(22)24-11(2)15(23)20-16-13(9-18)12-7-5-4-6-8-14(12)25-16/h10-11H,3-8H2,1-2H3,(H,20,23)/t11-/m1/s1. The van der Waals surface area contributed by atoms with E-state index in [1.165, 1.54) is 23.1 Å². The number of nitrogens with zero attached hydrogens (tertiary/aromatic N) is 4. The van der Waals surface area contributed by atoms with Gasteiger partial charge in [0.05, 0.1) is 10.8 Å². The average Bonchev–Trinajstić information content (AvgIpc) is 3.11. The lowest BCUT2D eigenvalue weighted by molar-refractivity contribution is -0.115. The molecule has 1 atom stereocenters. The first-order chi connectivity index (χ1) is 12.1. The Morgan fingerprint density at radius 1 is 1.48 bits per heavy atom. The van der Waals surface area contributed by atoms with Gasteiger partial charge in [0, 0.05) is 11.4 Å². The lowest BCUT2D eigenvalue weighted by Crippen LogP contribution is -2.22. The monoisotopic (exact) mass is 375 g/mol. The Morgan fingerprint density at radius 3 is 3.04 bits per heavy atom. The number of aromatic nitrogens is 3. The molecule has 1 aliphatic rings. The molecular weight excluding hydrogens is 354 g/mol. The zero-order valence-electron chi connectivity index (χ0n) is 14.4. The number of nitrogens with one attached hydrogen (secondary N) is 1. The van der Waals surface area contributed by atoms with Crippen LogP contribution in [-0.4, -0.2) is 25.9 Å². The third kappa shape index (κ3) is 3.88. The molecule has 0 fully saturated rings. The van der Waals surface area contributed by atoms with Gasteiger partial charge >= 0.3 is 0 Å². The first kappa shape index (κ1) is 18.0. The van der Waals surface area contributed by atoms with Crippen LogP contribution in [0, 0.1) is 11.3 Å². The van der Waals surface area contributed by atoms with Crippen molar-refractivity contribution in [2.75, 3.05) is 5.32 Å². The van der Waals surface area contributed by atoms with Gasteiger partial charge in [0.25, 0.3) is 0 Å². The summed E-state index contributed by atoms with van der Waals surface area (Å²) in [6.45, 7) is 4.62. The quantitative estimate of drug-likeness (QED) is 0.637. The molecule has 0 saturated heterocycles. The van der Waals surface area contributed by atoms with Crippen molar-refractivity contribution < 1.29 is 4.79 Å². The smallest absolute Gasteiger partial charge is 0.238 e. The number of carbonyl (C=O) groups is 1. The van der Waals surface area contributed by atoms with Crippen molar-refractivity contribution in [3.63, 3.8) is 0 Å². The van der Waals surface area contributed by atoms with Crippen molar-refractivity contribution in [1.29, 1.82) is 5.26 Å². The maximum absolute atomic E-state index is 12.6. The van der Waals surface area contributed by atoms with Crippen LogP contribution in [0.15, 0.2) is 11.5 Å². The van der Waals surface area contributed by atoms with Crippen molar-refractivity contribution in [1.82, 2.24) is 14.8 Å². The molecule has 0 unspecified atom stereocenters. The minimum Gasteiger partial charge on any atom is -0.316 e. The maximum Gasteiger partial charge on any atom is 0.238 e. The van der Waals surface area contributed by atoms with E-state index in [-0.39, 0.29) is 11.2 Å². The van der Waals surface area contributed by atoms with E-state index in [0.29, 0.717) is 10.6 Å². The average molecular weight is 376 g/mol. The number of thiophene rings is 1. The zero-order chi connectivity index (χ0) is 17.8. The summed E-state index contributed by atoms with van der Waals surface area (Å²) < 4.78 is 1.91. The fourth-order valence-corrected chi connectivity index (χ4v) is 5.06. The third-order valence-corrected chi connectivity index (χ3v) is 6.64. The van der Waals surface area contributed by atoms with Crippen LogP contribution in [-0.2, 0) is 24.2 Å². The summed E-state index contributed by atoms with van der Waals surface area (Å²) >= 11 is 2.94. The Labute approximate surface area is 155 Å². The second-order valence-corrected chi connectivity index (χ2v) is 8.44. The number of rotatable bonds is 5. The second-order valence-electron chi connectivity index (χ2n) is 6.03. The van der Waals surface area contributed by atoms with E-state index >= 15 is 0 Å². The van der Waals surface area contributed by atoms with Crippen molar-refractivity contribution in [2.45, 2.75) is 62.9 Å². The Balaban J connectivity index is 1.73. The van der Waals surface area contributed by atoms with E-state index in [1.54, 1.807) is 17.7 Å². The Morgan fingerprint density at radius 2 is 2.28 bits per heavy atom. The molecule has 3 rings (SSSR count). The van der Waals surface area contributed by atoms with E-state index in [2.05, 4.69) is 21.6 Å². The zero-order valence-corrected chi connectivity index (χ0v) is 16.0. The van der Waals surface area contributed by atoms with Crippen LogP contribution < -0.4 is 5.32 Å². The van der Waals surface area contributed by atoms with E-state index in [1.807, 2.05) is 18.4 Å². The van der Waals surface area contributed by atoms with Gasteiger partial charge < -0.3 is 9.88 Å². The Bertz CT molecular complexity index is 805. The summed E-state index contributed by atoms with van der Waals surface area (Å²) in [6.07, 6.45) is 7.09. The van der Waals surface area contributed by atoms with Crippen LogP contribution >= 0.6 is 23.1 Å². The summed E-state index contributed by atoms with van der Waals surface area (Å²) in [5, 5.41) is 21.6. The van der Waals surface area contributed by atoms with Gasteiger partial charge in [-0.3, -0.25) is 4.79 Å². The molecule has 1 aliphatic carbocycles. The van der Waals surface area contributed by atoms with E-state index in [4.69, 9.17) is 0 Å². The molecule has 8 heteroatoms. The second kappa shape index (κ2) is 8.02. The van der Waals surface area contributed by atoms with Crippen molar-refractivity contribution in [2.24, 2.45) is 0 Å². The molecule has 1 amide bonds. The predicted octanol–water partition coefficient (Wildman–Crippen LogP) is 3.62. The largest absolute Gasteiger partial charge is 0.316 e. The number of aryl methyl sites for hydroxylation is 2. The maximum atomic E-state index is 12.6. The molecule has 0 aliphatic heterocycles. The summed E-state index contributed by atoms with van der Waals surface area (Å²) in [5.74, 6) is -0.108. The van der Waals surface area contributed by atoms with Crippen LogP contribution in [0.2, 0.25) is 0 Å². The molecule has 2 heterocycles. The molecule has 6 nitrogen and oxygen atoms in total. The first-order valence-electron chi connectivity index (χ1n) is 8.54. The molecule has 2 aromatic heterocycles. The van der Waals surface area contributed by atoms with Gasteiger partial charge in [0.1, 0.15) is 17.4 Å². The lowest BCUT2D eigenvalue weighted by Gasteiger charge is -2.11. The number of hydrogen-bond acceptors (Lipinski definition) is 6. The van der Waals surface area contributed by atoms with Gasteiger partial charge in [0.15, 0.2) is 5.16 Å². The van der Waals surface area contributed by atoms with Gasteiger partial charge in [-0.15, -0.1) is 21.5 Å². The summed E-state index contributed by atoms with van der Waals surface area (Å²) in [6, 6.07) is 2.30. The van der Waals surface area contributed by atoms with Crippen molar-refractivity contribution >= 4 is 34.0 Å². The van der Waals surface area contributed by atoms with E-state index in [0.717, 1.165) is 42.9 Å². The molecule has 0 aromatic carbocycles. The topological polar surface area (TPSA) is 83.6 Å². The first-order valence-corrected chi connectivity index (χ1v) is 10.2. The van der Waals surface area contributed by atoms with Crippen LogP contribution in [0.3, 0.4) is 0 Å². The van der Waals surface area contributed by atoms with Crippen LogP contribution in [0.1, 0.15) is 49.1 Å². The summed E-state index contributed by atoms with van der Waals surface area (Å²) in [4.78, 5) is 13.9. The highest BCUT2D eigenvalue weighted by atomic mass is 32.2. The number of hydrogen-bond donors (Lipinski definition) is 1. The fraction of sp³-hybridized carbons (Fsp3) is 0.529. The number of fused-ring (bicyclic) bond motifs is 1. The number of nitriles is 1. The van der Waals surface area contributed by atoms with Gasteiger partial charge in [-0.1, -0.05) is 18.2 Å². The Hall–Kier alpha value is -1.85. The highest BCUT2D eigenvalue weighted by Gasteiger charge is 2.23. The number of thioether (sulfide) groups is 1. The van der Waals surface area contributed by atoms with Gasteiger partial charge in [-0.25, -0.2) is 0 Å². The summed E-state index contributed by atoms with van der Waals surface area (Å²) in [7, 11) is 0. The molecule has 1 N–H and O–H groups in total. The van der Waals surface area contributed by atoms with Crippen molar-refractivity contribution in [3.05, 3.63) is 22.3 Å². The lowest BCUT2D eigenvalue weighted by atomic mass is 10.1. The molecule has 0 radical (unpaired) electrons. The highest BCUT2D eigenvalue weighted by Crippen LogP contribution is 2.37. The number of anilines is 1. The molecule has 132 valence electrons. The number of carbonyl (C=O) groups excluding carboxylic acids is 1. The van der Waals surface area contributed by atoms with E-state index in [9.17, 15) is 10.1 Å². The van der Waals surface area contributed by atoms with Crippen LogP contribution in [0.5, 0.6) is 0 Å². The van der Waals surface area contributed by atoms with Crippen molar-refractivity contribution in [3.8, 4) is 6.07 Å². The van der Waals surface area contributed by atoms with Crippen LogP contribution in [0.4, 0.5) is 5.00 Å². The molecule has 0 spiro atoms. The van der Waals surface area contributed by atoms with Gasteiger partial charge in [0.2, 0.25) is 5.91 Å². The normalized spacial score (nSPS) is 15.1. The number of amides is 1. The highest BCUT2D eigenvalue weighted by molar-refractivity contribution is 8.00. The van der Waals surface area contributed by atoms with Crippen LogP contribution in [0.25, 0.3) is 0 Å². The van der Waals surface area contributed by atoms with E-state index < -0.39 is 0 Å². The molecule has 0 bridgehead atoms. The van der Waals surface area contributed by atoms with Gasteiger partial charge in [-0.2, -0.15) is 5.26 Å². The Kier molecular flexibility index (Phi) is 5.76. The molecule has 0 saturated carbocycles. The predicted molar refractivity (Wildman–Crippen MR) is 99.9 cm³/mol. The van der Waals surface area contributed by atoms with Gasteiger partial charge in [-0.05, 0) is 45.1 Å².